The Morgan fingerprint density at radius 3 is 1.51 bits per heavy atom. The fourth-order valence-corrected chi connectivity index (χ4v) is 5.23. The molecular formula is C41H70O4. The maximum atomic E-state index is 12.6. The van der Waals surface area contributed by atoms with Gasteiger partial charge in [-0.05, 0) is 103 Å². The fraction of sp³-hybridized carbons (Fsp3) is 0.707. The lowest BCUT2D eigenvalue weighted by atomic mass is 10.0. The Morgan fingerprint density at radius 2 is 0.933 bits per heavy atom. The molecule has 0 bridgehead atoms. The molecule has 0 saturated heterocycles. The van der Waals surface area contributed by atoms with Crippen molar-refractivity contribution in [1.29, 1.82) is 0 Å². The monoisotopic (exact) mass is 627 g/mol. The summed E-state index contributed by atoms with van der Waals surface area (Å²) in [6.07, 6.45) is 49.4. The van der Waals surface area contributed by atoms with E-state index < -0.39 is 5.97 Å². The summed E-state index contributed by atoms with van der Waals surface area (Å²) in [7, 11) is 0. The van der Waals surface area contributed by atoms with Crippen molar-refractivity contribution in [2.45, 2.75) is 187 Å². The second-order valence-corrected chi connectivity index (χ2v) is 12.4. The van der Waals surface area contributed by atoms with E-state index >= 15 is 0 Å². The number of rotatable bonds is 33. The zero-order chi connectivity index (χ0) is 32.9. The Balaban J connectivity index is 4.20. The SMILES string of the molecule is CC/C=C\C/C=C\C/C=C\C/C=C\CCCCC(CCCCCCCC(=O)O)OC(=O)CCCCCCC/C=C\CCCCC. The first-order valence-corrected chi connectivity index (χ1v) is 18.8. The molecule has 0 radical (unpaired) electrons. The molecule has 4 heteroatoms. The molecule has 0 heterocycles. The Hall–Kier alpha value is -2.36. The lowest BCUT2D eigenvalue weighted by Gasteiger charge is -2.18. The molecule has 0 aliphatic rings. The van der Waals surface area contributed by atoms with Crippen LogP contribution in [0.2, 0.25) is 0 Å². The van der Waals surface area contributed by atoms with E-state index in [-0.39, 0.29) is 18.5 Å². The lowest BCUT2D eigenvalue weighted by Crippen LogP contribution is -2.18. The van der Waals surface area contributed by atoms with Crippen molar-refractivity contribution in [3.63, 3.8) is 0 Å². The van der Waals surface area contributed by atoms with Gasteiger partial charge in [-0.15, -0.1) is 0 Å². The number of carbonyl (C=O) groups is 2. The summed E-state index contributed by atoms with van der Waals surface area (Å²) in [5, 5.41) is 8.81. The molecule has 1 atom stereocenters. The third-order valence-electron chi connectivity index (χ3n) is 7.97. The highest BCUT2D eigenvalue weighted by Gasteiger charge is 2.14. The molecule has 0 aliphatic heterocycles. The van der Waals surface area contributed by atoms with E-state index in [0.717, 1.165) is 103 Å². The van der Waals surface area contributed by atoms with E-state index in [1.165, 1.54) is 51.4 Å². The number of esters is 1. The number of carboxylic acids is 1. The van der Waals surface area contributed by atoms with Crippen LogP contribution in [0.25, 0.3) is 0 Å². The van der Waals surface area contributed by atoms with E-state index in [9.17, 15) is 9.59 Å². The number of ether oxygens (including phenoxy) is 1. The van der Waals surface area contributed by atoms with Crippen molar-refractivity contribution < 1.29 is 19.4 Å². The molecule has 0 aromatic carbocycles. The first-order chi connectivity index (χ1) is 22.1. The molecule has 0 spiro atoms. The largest absolute Gasteiger partial charge is 0.481 e. The van der Waals surface area contributed by atoms with E-state index in [1.807, 2.05) is 0 Å². The Kier molecular flexibility index (Phi) is 34.2. The van der Waals surface area contributed by atoms with Gasteiger partial charge in [-0.2, -0.15) is 0 Å². The molecular weight excluding hydrogens is 556 g/mol. The molecule has 1 N–H and O–H groups in total. The van der Waals surface area contributed by atoms with E-state index in [2.05, 4.69) is 74.6 Å². The van der Waals surface area contributed by atoms with Crippen LogP contribution in [0.15, 0.2) is 60.8 Å². The Morgan fingerprint density at radius 1 is 0.511 bits per heavy atom. The number of hydrogen-bond acceptors (Lipinski definition) is 3. The zero-order valence-corrected chi connectivity index (χ0v) is 29.4. The molecule has 0 aliphatic carbocycles. The second kappa shape index (κ2) is 36.1. The molecule has 0 amide bonds. The van der Waals surface area contributed by atoms with Gasteiger partial charge in [0.2, 0.25) is 0 Å². The molecule has 0 rings (SSSR count). The minimum absolute atomic E-state index is 0.0121. The molecule has 45 heavy (non-hydrogen) atoms. The fourth-order valence-electron chi connectivity index (χ4n) is 5.23. The number of carbonyl (C=O) groups excluding carboxylic acids is 1. The van der Waals surface area contributed by atoms with Gasteiger partial charge in [-0.3, -0.25) is 9.59 Å². The van der Waals surface area contributed by atoms with Crippen molar-refractivity contribution in [1.82, 2.24) is 0 Å². The van der Waals surface area contributed by atoms with Crippen molar-refractivity contribution in [2.24, 2.45) is 0 Å². The van der Waals surface area contributed by atoms with Crippen molar-refractivity contribution in [3.05, 3.63) is 60.8 Å². The topological polar surface area (TPSA) is 63.6 Å². The van der Waals surface area contributed by atoms with Crippen molar-refractivity contribution in [2.75, 3.05) is 0 Å². The summed E-state index contributed by atoms with van der Waals surface area (Å²) in [6, 6.07) is 0. The van der Waals surface area contributed by atoms with E-state index in [4.69, 9.17) is 9.84 Å². The number of unbranched alkanes of at least 4 members (excludes halogenated alkanes) is 14. The van der Waals surface area contributed by atoms with Gasteiger partial charge in [0.1, 0.15) is 6.10 Å². The van der Waals surface area contributed by atoms with Crippen LogP contribution in [-0.4, -0.2) is 23.1 Å². The van der Waals surface area contributed by atoms with Crippen LogP contribution in [0.3, 0.4) is 0 Å². The minimum atomic E-state index is -0.711. The van der Waals surface area contributed by atoms with Crippen LogP contribution in [0.1, 0.15) is 181 Å². The third kappa shape index (κ3) is 36.0. The molecule has 0 fully saturated rings. The smallest absolute Gasteiger partial charge is 0.306 e. The summed E-state index contributed by atoms with van der Waals surface area (Å²) in [5.41, 5.74) is 0. The first-order valence-electron chi connectivity index (χ1n) is 18.8. The molecule has 1 unspecified atom stereocenters. The summed E-state index contributed by atoms with van der Waals surface area (Å²) in [6.45, 7) is 4.40. The summed E-state index contributed by atoms with van der Waals surface area (Å²) in [5.74, 6) is -0.743. The maximum Gasteiger partial charge on any atom is 0.306 e. The van der Waals surface area contributed by atoms with Crippen LogP contribution < -0.4 is 0 Å². The summed E-state index contributed by atoms with van der Waals surface area (Å²) >= 11 is 0. The Labute approximate surface area is 278 Å². The first kappa shape index (κ1) is 42.6. The van der Waals surface area contributed by atoms with Gasteiger partial charge in [0.05, 0.1) is 0 Å². The van der Waals surface area contributed by atoms with Crippen molar-refractivity contribution in [3.8, 4) is 0 Å². The third-order valence-corrected chi connectivity index (χ3v) is 7.97. The van der Waals surface area contributed by atoms with Gasteiger partial charge >= 0.3 is 11.9 Å². The highest BCUT2D eigenvalue weighted by Crippen LogP contribution is 2.18. The maximum absolute atomic E-state index is 12.6. The number of carboxylic acid groups (broad SMARTS) is 1. The average molecular weight is 627 g/mol. The van der Waals surface area contributed by atoms with Gasteiger partial charge in [-0.1, -0.05) is 126 Å². The second-order valence-electron chi connectivity index (χ2n) is 12.4. The highest BCUT2D eigenvalue weighted by atomic mass is 16.5. The molecule has 258 valence electrons. The van der Waals surface area contributed by atoms with E-state index in [0.29, 0.717) is 6.42 Å². The molecule has 0 aromatic rings. The zero-order valence-electron chi connectivity index (χ0n) is 29.4. The predicted octanol–water partition coefficient (Wildman–Crippen LogP) is 12.9. The molecule has 0 aromatic heterocycles. The van der Waals surface area contributed by atoms with Crippen LogP contribution in [0.4, 0.5) is 0 Å². The van der Waals surface area contributed by atoms with E-state index in [1.54, 1.807) is 0 Å². The molecule has 0 saturated carbocycles. The van der Waals surface area contributed by atoms with Gasteiger partial charge in [-0.25, -0.2) is 0 Å². The Bertz CT molecular complexity index is 804. The normalized spacial score (nSPS) is 12.9. The predicted molar refractivity (Wildman–Crippen MR) is 195 cm³/mol. The van der Waals surface area contributed by atoms with Crippen LogP contribution >= 0.6 is 0 Å². The van der Waals surface area contributed by atoms with Gasteiger partial charge < -0.3 is 9.84 Å². The number of allylic oxidation sites excluding steroid dienone is 10. The van der Waals surface area contributed by atoms with Gasteiger partial charge in [0, 0.05) is 12.8 Å². The van der Waals surface area contributed by atoms with Gasteiger partial charge in [0.25, 0.3) is 0 Å². The number of aliphatic carboxylic acids is 1. The van der Waals surface area contributed by atoms with Gasteiger partial charge in [0.15, 0.2) is 0 Å². The van der Waals surface area contributed by atoms with Crippen LogP contribution in [0, 0.1) is 0 Å². The number of hydrogen-bond donors (Lipinski definition) is 1. The van der Waals surface area contributed by atoms with Crippen LogP contribution in [0.5, 0.6) is 0 Å². The quantitative estimate of drug-likeness (QED) is 0.0447. The lowest BCUT2D eigenvalue weighted by molar-refractivity contribution is -0.150. The van der Waals surface area contributed by atoms with Crippen LogP contribution in [-0.2, 0) is 14.3 Å². The standard InChI is InChI=1S/C41H70O4/c1-3-5-7-9-11-13-15-17-18-19-20-22-24-27-31-35-39(36-32-28-26-29-33-37-40(42)43)45-41(44)38-34-30-25-23-21-16-14-12-10-8-6-4-2/h5,7,11-14,17-18,20,22,39H,3-4,6,8-10,15-16,19,21,23-38H2,1-2H3,(H,42,43)/b7-5-,13-11-,14-12-,18-17-,22-20-. The highest BCUT2D eigenvalue weighted by molar-refractivity contribution is 5.69. The minimum Gasteiger partial charge on any atom is -0.481 e. The molecule has 4 nitrogen and oxygen atoms in total. The summed E-state index contributed by atoms with van der Waals surface area (Å²) in [4.78, 5) is 23.3. The van der Waals surface area contributed by atoms with Crippen molar-refractivity contribution >= 4 is 11.9 Å². The summed E-state index contributed by atoms with van der Waals surface area (Å²) < 4.78 is 5.97. The average Bonchev–Trinajstić information content (AvgIpc) is 3.02.